The zero-order valence-electron chi connectivity index (χ0n) is 16.3. The quantitative estimate of drug-likeness (QED) is 0.601. The van der Waals surface area contributed by atoms with E-state index in [0.717, 1.165) is 23.7 Å². The third kappa shape index (κ3) is 4.74. The molecule has 0 aromatic heterocycles. The van der Waals surface area contributed by atoms with E-state index in [1.54, 1.807) is 12.1 Å². The van der Waals surface area contributed by atoms with E-state index in [1.807, 2.05) is 6.92 Å². The van der Waals surface area contributed by atoms with E-state index in [4.69, 9.17) is 5.73 Å². The Morgan fingerprint density at radius 2 is 1.69 bits per heavy atom. The second-order valence-corrected chi connectivity index (χ2v) is 9.19. The van der Waals surface area contributed by atoms with Gasteiger partial charge in [0.05, 0.1) is 10.8 Å². The molecular weight excluding hydrogens is 348 g/mol. The molecule has 2 aliphatic rings. The van der Waals surface area contributed by atoms with Crippen LogP contribution in [0.3, 0.4) is 0 Å². The van der Waals surface area contributed by atoms with Gasteiger partial charge in [-0.25, -0.2) is 13.0 Å². The minimum absolute atomic E-state index is 0.178. The Hall–Kier alpha value is -1.66. The molecular formula is C20H30N2O3S. The molecule has 2 N–H and O–H groups in total. The molecule has 1 aliphatic carbocycles. The van der Waals surface area contributed by atoms with Crippen LogP contribution in [0.5, 0.6) is 0 Å². The number of rotatable bonds is 1. The minimum atomic E-state index is -4.27. The second kappa shape index (κ2) is 7.92. The molecule has 0 radical (unpaired) electrons. The van der Waals surface area contributed by atoms with Crippen molar-refractivity contribution in [3.8, 4) is 0 Å². The molecule has 1 aromatic carbocycles. The third-order valence-electron chi connectivity index (χ3n) is 5.26. The lowest BCUT2D eigenvalue weighted by molar-refractivity contribution is -0.506. The van der Waals surface area contributed by atoms with E-state index in [1.165, 1.54) is 36.3 Å². The summed E-state index contributed by atoms with van der Waals surface area (Å²) in [6.45, 7) is 9.82. The predicted octanol–water partition coefficient (Wildman–Crippen LogP) is 2.90. The number of nitrogens with zero attached hydrogens (tertiary/aromatic N) is 1. The summed E-state index contributed by atoms with van der Waals surface area (Å²) < 4.78 is 33.6. The fourth-order valence-electron chi connectivity index (χ4n) is 3.93. The highest BCUT2D eigenvalue weighted by molar-refractivity contribution is 7.85. The van der Waals surface area contributed by atoms with E-state index in [-0.39, 0.29) is 4.90 Å². The summed E-state index contributed by atoms with van der Waals surface area (Å²) in [5.74, 6) is 1.97. The summed E-state index contributed by atoms with van der Waals surface area (Å²) in [5, 5.41) is 0. The van der Waals surface area contributed by atoms with E-state index in [2.05, 4.69) is 32.4 Å². The number of allylic oxidation sites excluding steroid dienone is 1. The summed E-state index contributed by atoms with van der Waals surface area (Å²) in [4.78, 5) is -0.178. The highest BCUT2D eigenvalue weighted by atomic mass is 32.2. The van der Waals surface area contributed by atoms with Crippen LogP contribution in [0.4, 0.5) is 0 Å². The maximum atomic E-state index is 10.4. The fourth-order valence-corrected chi connectivity index (χ4v) is 4.40. The molecule has 0 spiro atoms. The number of benzene rings is 1. The minimum Gasteiger partial charge on any atom is -0.744 e. The van der Waals surface area contributed by atoms with Gasteiger partial charge in [0.25, 0.3) is 0 Å². The van der Waals surface area contributed by atoms with Crippen molar-refractivity contribution in [1.82, 2.24) is 0 Å². The molecule has 0 saturated heterocycles. The van der Waals surface area contributed by atoms with Crippen molar-refractivity contribution in [2.24, 2.45) is 23.5 Å². The Labute approximate surface area is 157 Å². The second-order valence-electron chi connectivity index (χ2n) is 7.81. The number of hydrogen-bond acceptors (Lipinski definition) is 4. The monoisotopic (exact) mass is 378 g/mol. The van der Waals surface area contributed by atoms with E-state index in [0.29, 0.717) is 11.8 Å². The first-order valence-corrected chi connectivity index (χ1v) is 10.5. The largest absolute Gasteiger partial charge is 0.744 e. The Morgan fingerprint density at radius 3 is 2.23 bits per heavy atom. The Kier molecular flexibility index (Phi) is 6.29. The van der Waals surface area contributed by atoms with Gasteiger partial charge in [-0.15, -0.1) is 0 Å². The molecule has 5 nitrogen and oxygen atoms in total. The SMILES string of the molecule is CC1CC2=[N+](C)CC(C)C(N)=C2C(C)C1.Cc1ccc(S(=O)(=O)[O-])cc1. The first kappa shape index (κ1) is 20.6. The lowest BCUT2D eigenvalue weighted by Crippen LogP contribution is -2.39. The maximum absolute atomic E-state index is 10.4. The average molecular weight is 379 g/mol. The first-order chi connectivity index (χ1) is 12.0. The molecule has 144 valence electrons. The van der Waals surface area contributed by atoms with E-state index >= 15 is 0 Å². The van der Waals surface area contributed by atoms with Crippen molar-refractivity contribution in [3.05, 3.63) is 41.1 Å². The van der Waals surface area contributed by atoms with Gasteiger partial charge in [0.2, 0.25) is 0 Å². The summed E-state index contributed by atoms with van der Waals surface area (Å²) in [6.07, 6.45) is 2.50. The molecule has 0 bridgehead atoms. The normalized spacial score (nSPS) is 26.2. The molecule has 26 heavy (non-hydrogen) atoms. The van der Waals surface area contributed by atoms with Gasteiger partial charge in [0, 0.05) is 17.7 Å². The molecule has 0 amide bonds. The van der Waals surface area contributed by atoms with Crippen LogP contribution in [-0.4, -0.2) is 36.9 Å². The molecule has 1 saturated carbocycles. The van der Waals surface area contributed by atoms with Crippen LogP contribution in [0.15, 0.2) is 40.4 Å². The molecule has 1 heterocycles. The summed E-state index contributed by atoms with van der Waals surface area (Å²) in [7, 11) is -2.06. The van der Waals surface area contributed by atoms with Crippen LogP contribution in [0.1, 0.15) is 39.2 Å². The van der Waals surface area contributed by atoms with Crippen LogP contribution < -0.4 is 5.73 Å². The van der Waals surface area contributed by atoms with Crippen molar-refractivity contribution >= 4 is 15.8 Å². The Morgan fingerprint density at radius 1 is 1.12 bits per heavy atom. The lowest BCUT2D eigenvalue weighted by atomic mass is 9.74. The van der Waals surface area contributed by atoms with Gasteiger partial charge in [-0.2, -0.15) is 0 Å². The van der Waals surface area contributed by atoms with E-state index in [9.17, 15) is 13.0 Å². The number of nitrogens with two attached hydrogens (primary N) is 1. The number of fused-ring (bicyclic) bond motifs is 1. The summed E-state index contributed by atoms with van der Waals surface area (Å²) in [6, 6.07) is 5.78. The topological polar surface area (TPSA) is 86.2 Å². The van der Waals surface area contributed by atoms with Gasteiger partial charge in [0.1, 0.15) is 17.2 Å². The molecule has 3 atom stereocenters. The lowest BCUT2D eigenvalue weighted by Gasteiger charge is -2.32. The van der Waals surface area contributed by atoms with Gasteiger partial charge < -0.3 is 10.3 Å². The third-order valence-corrected chi connectivity index (χ3v) is 6.11. The fraction of sp³-hybridized carbons (Fsp3) is 0.550. The van der Waals surface area contributed by atoms with E-state index < -0.39 is 10.1 Å². The van der Waals surface area contributed by atoms with Gasteiger partial charge in [-0.05, 0) is 37.3 Å². The van der Waals surface area contributed by atoms with Crippen molar-refractivity contribution in [2.75, 3.05) is 13.6 Å². The highest BCUT2D eigenvalue weighted by Crippen LogP contribution is 2.35. The Bertz CT molecular complexity index is 823. The average Bonchev–Trinajstić information content (AvgIpc) is 2.52. The van der Waals surface area contributed by atoms with Crippen molar-refractivity contribution < 1.29 is 17.5 Å². The van der Waals surface area contributed by atoms with Gasteiger partial charge in [-0.3, -0.25) is 0 Å². The van der Waals surface area contributed by atoms with Crippen molar-refractivity contribution in [2.45, 2.75) is 45.4 Å². The maximum Gasteiger partial charge on any atom is 0.181 e. The molecule has 1 aliphatic heterocycles. The zero-order chi connectivity index (χ0) is 19.6. The van der Waals surface area contributed by atoms with Gasteiger partial charge in [0.15, 0.2) is 12.3 Å². The first-order valence-electron chi connectivity index (χ1n) is 9.10. The predicted molar refractivity (Wildman–Crippen MR) is 103 cm³/mol. The zero-order valence-corrected chi connectivity index (χ0v) is 17.1. The van der Waals surface area contributed by atoms with Gasteiger partial charge in [-0.1, -0.05) is 38.5 Å². The standard InChI is InChI=1S/C13H22N2.C7H8O3S/c1-8-5-9(2)12-11(6-8)15(4)7-10(3)13(12)14;1-6-2-4-7(5-3-6)11(8,9)10/h8-10,14H,5-7H2,1-4H3;2-5H,1H3,(H,8,9,10). The highest BCUT2D eigenvalue weighted by Gasteiger charge is 2.37. The Balaban J connectivity index is 0.000000197. The summed E-state index contributed by atoms with van der Waals surface area (Å²) in [5.41, 5.74) is 11.3. The molecule has 1 fully saturated rings. The molecule has 3 unspecified atom stereocenters. The number of aryl methyl sites for hydroxylation is 1. The molecule has 3 rings (SSSR count). The molecule has 6 heteroatoms. The van der Waals surface area contributed by atoms with Crippen LogP contribution >= 0.6 is 0 Å². The van der Waals surface area contributed by atoms with Crippen LogP contribution in [0.25, 0.3) is 0 Å². The van der Waals surface area contributed by atoms with Gasteiger partial charge >= 0.3 is 0 Å². The van der Waals surface area contributed by atoms with Crippen molar-refractivity contribution in [3.63, 3.8) is 0 Å². The van der Waals surface area contributed by atoms with Crippen LogP contribution in [0.2, 0.25) is 0 Å². The number of hydrogen-bond donors (Lipinski definition) is 1. The smallest absolute Gasteiger partial charge is 0.181 e. The summed E-state index contributed by atoms with van der Waals surface area (Å²) >= 11 is 0. The molecule has 1 aromatic rings. The van der Waals surface area contributed by atoms with Crippen LogP contribution in [0, 0.1) is 24.7 Å². The van der Waals surface area contributed by atoms with Crippen LogP contribution in [-0.2, 0) is 10.1 Å². The van der Waals surface area contributed by atoms with Crippen molar-refractivity contribution in [1.29, 1.82) is 0 Å².